The average molecular weight is 418 g/mol. The lowest BCUT2D eigenvalue weighted by Gasteiger charge is -2.29. The van der Waals surface area contributed by atoms with Gasteiger partial charge in [0.25, 0.3) is 0 Å². The Morgan fingerprint density at radius 3 is 1.55 bits per heavy atom. The molecule has 2 amide bonds. The molecule has 0 bridgehead atoms. The van der Waals surface area contributed by atoms with Gasteiger partial charge in [-0.05, 0) is 62.3 Å². The quantitative estimate of drug-likeness (QED) is 0.362. The van der Waals surface area contributed by atoms with Gasteiger partial charge in [0.15, 0.2) is 0 Å². The van der Waals surface area contributed by atoms with E-state index in [2.05, 4.69) is 10.1 Å². The topological polar surface area (TPSA) is 120 Å². The van der Waals surface area contributed by atoms with Gasteiger partial charge >= 0.3 is 18.4 Å². The molecule has 0 aliphatic carbocycles. The number of piperazine rings is 1. The highest BCUT2D eigenvalue weighted by atomic mass is 16.8. The van der Waals surface area contributed by atoms with Gasteiger partial charge in [0.2, 0.25) is 5.91 Å². The number of carbonyl (C=O) groups is 4. The first-order chi connectivity index (χ1) is 12.9. The smallest absolute Gasteiger partial charge is 0.444 e. The van der Waals surface area contributed by atoms with Gasteiger partial charge in [-0.1, -0.05) is 0 Å². The largest absolute Gasteiger partial charge is 0.519 e. The van der Waals surface area contributed by atoms with Crippen molar-refractivity contribution in [2.45, 2.75) is 79.1 Å². The van der Waals surface area contributed by atoms with E-state index in [4.69, 9.17) is 14.2 Å². The van der Waals surface area contributed by atoms with Crippen LogP contribution < -0.4 is 5.32 Å². The monoisotopic (exact) mass is 418 g/mol. The van der Waals surface area contributed by atoms with Gasteiger partial charge in [-0.25, -0.2) is 14.4 Å². The molecule has 0 aromatic carbocycles. The SMILES string of the molecule is CC(C)(C)OC(=O)N1CCNC(=O)C1.CC(C)(C)OC(=O)OC(=O)OC(C)(C)C. The van der Waals surface area contributed by atoms with Crippen molar-refractivity contribution in [3.63, 3.8) is 0 Å². The third-order valence-corrected chi connectivity index (χ3v) is 2.64. The molecule has 1 aliphatic rings. The van der Waals surface area contributed by atoms with Crippen LogP contribution in [0.15, 0.2) is 0 Å². The maximum absolute atomic E-state index is 11.5. The van der Waals surface area contributed by atoms with Crippen molar-refractivity contribution < 1.29 is 38.1 Å². The molecule has 1 aliphatic heterocycles. The van der Waals surface area contributed by atoms with Gasteiger partial charge in [0.05, 0.1) is 0 Å². The van der Waals surface area contributed by atoms with Crippen LogP contribution in [0.1, 0.15) is 62.3 Å². The number of nitrogens with one attached hydrogen (secondary N) is 1. The molecule has 0 saturated carbocycles. The van der Waals surface area contributed by atoms with E-state index in [1.807, 2.05) is 0 Å². The van der Waals surface area contributed by atoms with Crippen molar-refractivity contribution in [1.29, 1.82) is 0 Å². The Hall–Kier alpha value is -2.52. The molecule has 29 heavy (non-hydrogen) atoms. The van der Waals surface area contributed by atoms with E-state index in [9.17, 15) is 19.2 Å². The number of amides is 2. The summed E-state index contributed by atoms with van der Waals surface area (Å²) in [7, 11) is 0. The molecule has 10 heteroatoms. The summed E-state index contributed by atoms with van der Waals surface area (Å²) in [5.41, 5.74) is -1.90. The van der Waals surface area contributed by atoms with Crippen molar-refractivity contribution in [2.24, 2.45) is 0 Å². The fourth-order valence-corrected chi connectivity index (χ4v) is 1.73. The highest BCUT2D eigenvalue weighted by Crippen LogP contribution is 2.12. The van der Waals surface area contributed by atoms with Crippen LogP contribution in [0.3, 0.4) is 0 Å². The van der Waals surface area contributed by atoms with Crippen LogP contribution in [0.5, 0.6) is 0 Å². The molecular weight excluding hydrogens is 384 g/mol. The Labute approximate surface area is 172 Å². The first-order valence-electron chi connectivity index (χ1n) is 9.26. The second kappa shape index (κ2) is 10.3. The van der Waals surface area contributed by atoms with Gasteiger partial charge in [-0.2, -0.15) is 0 Å². The molecule has 0 unspecified atom stereocenters. The maximum atomic E-state index is 11.5. The van der Waals surface area contributed by atoms with Crippen LogP contribution in [0.25, 0.3) is 0 Å². The van der Waals surface area contributed by atoms with Gasteiger partial charge in [-0.15, -0.1) is 0 Å². The van der Waals surface area contributed by atoms with Gasteiger partial charge in [0, 0.05) is 13.1 Å². The van der Waals surface area contributed by atoms with Crippen molar-refractivity contribution in [1.82, 2.24) is 10.2 Å². The number of rotatable bonds is 0. The molecule has 10 nitrogen and oxygen atoms in total. The molecule has 1 N–H and O–H groups in total. The fourth-order valence-electron chi connectivity index (χ4n) is 1.73. The van der Waals surface area contributed by atoms with Gasteiger partial charge in [0.1, 0.15) is 23.3 Å². The summed E-state index contributed by atoms with van der Waals surface area (Å²) in [6.07, 6.45) is -2.54. The van der Waals surface area contributed by atoms with Crippen LogP contribution in [0.2, 0.25) is 0 Å². The van der Waals surface area contributed by atoms with E-state index in [1.54, 1.807) is 62.3 Å². The van der Waals surface area contributed by atoms with E-state index >= 15 is 0 Å². The van der Waals surface area contributed by atoms with E-state index < -0.39 is 35.2 Å². The molecule has 1 saturated heterocycles. The van der Waals surface area contributed by atoms with Gasteiger partial charge < -0.3 is 24.3 Å². The highest BCUT2D eigenvalue weighted by molar-refractivity contribution is 5.83. The summed E-state index contributed by atoms with van der Waals surface area (Å²) in [5.74, 6) is -0.137. The summed E-state index contributed by atoms with van der Waals surface area (Å²) in [5, 5.41) is 2.64. The first kappa shape index (κ1) is 26.5. The predicted molar refractivity (Wildman–Crippen MR) is 104 cm³/mol. The van der Waals surface area contributed by atoms with Crippen molar-refractivity contribution in [3.05, 3.63) is 0 Å². The Bertz CT molecular complexity index is 571. The summed E-state index contributed by atoms with van der Waals surface area (Å²) < 4.78 is 18.9. The van der Waals surface area contributed by atoms with Crippen molar-refractivity contribution in [3.8, 4) is 0 Å². The minimum atomic E-state index is -1.06. The Kier molecular flexibility index (Phi) is 9.42. The zero-order chi connectivity index (χ0) is 23.0. The van der Waals surface area contributed by atoms with Crippen LogP contribution in [-0.4, -0.2) is 65.6 Å². The third-order valence-electron chi connectivity index (χ3n) is 2.64. The standard InChI is InChI=1S/C10H18O5.C9H16N2O3/c1-9(2,3)14-7(11)13-8(12)15-10(4,5)6;1-9(2,3)14-8(13)11-5-4-10-7(12)6-11/h1-6H3;4-6H2,1-3H3,(H,10,12). The summed E-state index contributed by atoms with van der Waals surface area (Å²) in [6, 6.07) is 0. The average Bonchev–Trinajstić information content (AvgIpc) is 2.41. The highest BCUT2D eigenvalue weighted by Gasteiger charge is 2.26. The summed E-state index contributed by atoms with van der Waals surface area (Å²) in [6.45, 7) is 16.5. The molecule has 1 rings (SSSR count). The normalized spacial score (nSPS) is 14.7. The summed E-state index contributed by atoms with van der Waals surface area (Å²) >= 11 is 0. The van der Waals surface area contributed by atoms with Crippen molar-refractivity contribution >= 4 is 24.3 Å². The maximum Gasteiger partial charge on any atom is 0.519 e. The lowest BCUT2D eigenvalue weighted by Crippen LogP contribution is -2.51. The fraction of sp³-hybridized carbons (Fsp3) is 0.789. The Morgan fingerprint density at radius 2 is 1.21 bits per heavy atom. The molecule has 1 fully saturated rings. The van der Waals surface area contributed by atoms with Crippen LogP contribution >= 0.6 is 0 Å². The minimum Gasteiger partial charge on any atom is -0.444 e. The predicted octanol–water partition coefficient (Wildman–Crippen LogP) is 3.23. The number of nitrogens with zero attached hydrogens (tertiary/aromatic N) is 1. The summed E-state index contributed by atoms with van der Waals surface area (Å²) in [4.78, 5) is 45.9. The van der Waals surface area contributed by atoms with E-state index in [0.717, 1.165) is 0 Å². The molecule has 1 heterocycles. The zero-order valence-corrected chi connectivity index (χ0v) is 18.8. The molecule has 0 atom stereocenters. The number of hydrogen-bond donors (Lipinski definition) is 1. The van der Waals surface area contributed by atoms with E-state index in [0.29, 0.717) is 13.1 Å². The number of ether oxygens (including phenoxy) is 4. The second-order valence-electron chi connectivity index (χ2n) is 9.28. The first-order valence-corrected chi connectivity index (χ1v) is 9.26. The number of carbonyl (C=O) groups excluding carboxylic acids is 4. The molecular formula is C19H34N2O8. The molecule has 0 aromatic rings. The van der Waals surface area contributed by atoms with Gasteiger partial charge in [-0.3, -0.25) is 9.69 Å². The Balaban J connectivity index is 0.000000541. The molecule has 168 valence electrons. The van der Waals surface area contributed by atoms with Crippen LogP contribution in [0, 0.1) is 0 Å². The van der Waals surface area contributed by atoms with Crippen LogP contribution in [-0.2, 0) is 23.7 Å². The minimum absolute atomic E-state index is 0.0922. The lowest BCUT2D eigenvalue weighted by atomic mass is 10.2. The third kappa shape index (κ3) is 15.1. The number of hydrogen-bond acceptors (Lipinski definition) is 8. The van der Waals surface area contributed by atoms with E-state index in [-0.39, 0.29) is 12.5 Å². The Morgan fingerprint density at radius 1 is 0.793 bits per heavy atom. The van der Waals surface area contributed by atoms with E-state index in [1.165, 1.54) is 4.90 Å². The molecule has 0 spiro atoms. The molecule has 0 aromatic heterocycles. The van der Waals surface area contributed by atoms with Crippen molar-refractivity contribution in [2.75, 3.05) is 19.6 Å². The lowest BCUT2D eigenvalue weighted by molar-refractivity contribution is -0.124. The zero-order valence-electron chi connectivity index (χ0n) is 18.8. The molecule has 0 radical (unpaired) electrons. The van der Waals surface area contributed by atoms with Crippen LogP contribution in [0.4, 0.5) is 14.4 Å². The second-order valence-corrected chi connectivity index (χ2v) is 9.28.